The second kappa shape index (κ2) is 9.47. The van der Waals surface area contributed by atoms with Crippen molar-refractivity contribution < 1.29 is 38.7 Å². The number of rotatable bonds is 6. The van der Waals surface area contributed by atoms with E-state index in [-0.39, 0.29) is 30.3 Å². The van der Waals surface area contributed by atoms with Crippen LogP contribution < -0.4 is 0 Å². The van der Waals surface area contributed by atoms with E-state index >= 15 is 0 Å². The van der Waals surface area contributed by atoms with E-state index in [1.165, 1.54) is 12.1 Å². The topological polar surface area (TPSA) is 112 Å². The number of phenolic OH excluding ortho intramolecular Hbond substituents is 1. The molecule has 43 heavy (non-hydrogen) atoms. The molecule has 3 fully saturated rings. The Morgan fingerprint density at radius 2 is 1.79 bits per heavy atom. The monoisotopic (exact) mass is 584 g/mol. The molecule has 2 aliphatic heterocycles. The van der Waals surface area contributed by atoms with Gasteiger partial charge in [0.2, 0.25) is 0 Å². The van der Waals surface area contributed by atoms with Crippen molar-refractivity contribution in [3.05, 3.63) is 101 Å². The van der Waals surface area contributed by atoms with Crippen LogP contribution in [0.4, 0.5) is 0 Å². The number of fused-ring (bicyclic) bond motifs is 2. The van der Waals surface area contributed by atoms with Gasteiger partial charge in [-0.1, -0.05) is 62.0 Å². The zero-order valence-corrected chi connectivity index (χ0v) is 24.5. The van der Waals surface area contributed by atoms with Crippen LogP contribution in [-0.4, -0.2) is 50.8 Å². The molecule has 8 heteroatoms. The van der Waals surface area contributed by atoms with Crippen LogP contribution in [0.1, 0.15) is 44.7 Å². The van der Waals surface area contributed by atoms with Crippen LogP contribution in [0.3, 0.4) is 0 Å². The number of hydrogen-bond acceptors (Lipinski definition) is 8. The lowest BCUT2D eigenvalue weighted by molar-refractivity contribution is -0.421. The van der Waals surface area contributed by atoms with E-state index in [0.29, 0.717) is 24.0 Å². The predicted molar refractivity (Wildman–Crippen MR) is 155 cm³/mol. The number of hydrogen-bond donors (Lipinski definition) is 2. The molecular weight excluding hydrogens is 548 g/mol. The first-order chi connectivity index (χ1) is 20.4. The Balaban J connectivity index is 1.34. The predicted octanol–water partition coefficient (Wildman–Crippen LogP) is 4.69. The van der Waals surface area contributed by atoms with Gasteiger partial charge in [-0.3, -0.25) is 9.59 Å². The molecule has 1 saturated carbocycles. The zero-order valence-electron chi connectivity index (χ0n) is 24.5. The maximum absolute atomic E-state index is 13.7. The van der Waals surface area contributed by atoms with Crippen LogP contribution in [0, 0.1) is 17.8 Å². The van der Waals surface area contributed by atoms with Crippen LogP contribution in [0.2, 0.25) is 0 Å². The summed E-state index contributed by atoms with van der Waals surface area (Å²) in [4.78, 5) is 26.9. The Morgan fingerprint density at radius 3 is 2.49 bits per heavy atom. The maximum atomic E-state index is 13.7. The van der Waals surface area contributed by atoms with Gasteiger partial charge < -0.3 is 29.2 Å². The van der Waals surface area contributed by atoms with Gasteiger partial charge in [-0.05, 0) is 66.7 Å². The second-order valence-corrected chi connectivity index (χ2v) is 13.0. The van der Waals surface area contributed by atoms with Crippen molar-refractivity contribution in [1.82, 2.24) is 0 Å². The number of benzene rings is 2. The number of ketones is 1. The molecule has 0 amide bonds. The van der Waals surface area contributed by atoms with Crippen molar-refractivity contribution in [3.63, 3.8) is 0 Å². The summed E-state index contributed by atoms with van der Waals surface area (Å²) in [7, 11) is 0. The summed E-state index contributed by atoms with van der Waals surface area (Å²) in [5.74, 6) is -3.57. The van der Waals surface area contributed by atoms with Gasteiger partial charge in [0.05, 0.1) is 18.4 Å². The quantitative estimate of drug-likeness (QED) is 0.372. The van der Waals surface area contributed by atoms with Crippen LogP contribution in [0.25, 0.3) is 0 Å². The van der Waals surface area contributed by atoms with Crippen molar-refractivity contribution in [3.8, 4) is 5.75 Å². The SMILES string of the molecule is C=C(C)[C@]12C[C@@H](C)[C@@]34O[C@](Cc5ccccc5)(O[C@@H]1[C@@H]3C=C(OC(=O)Cc1ccc(O)cc1)C[C@]1(O)C(=O)C(C)=C[C@@H]41)O2. The fraction of sp³-hybridized carbons (Fsp3) is 0.429. The van der Waals surface area contributed by atoms with E-state index in [0.717, 1.165) is 11.1 Å². The van der Waals surface area contributed by atoms with Crippen LogP contribution in [0.15, 0.2) is 90.2 Å². The van der Waals surface area contributed by atoms with Crippen molar-refractivity contribution in [2.24, 2.45) is 17.8 Å². The summed E-state index contributed by atoms with van der Waals surface area (Å²) in [6.45, 7) is 10.0. The first-order valence-corrected chi connectivity index (χ1v) is 14.8. The molecule has 3 bridgehead atoms. The highest BCUT2D eigenvalue weighted by atomic mass is 16.9. The largest absolute Gasteiger partial charge is 0.508 e. The van der Waals surface area contributed by atoms with Gasteiger partial charge >= 0.3 is 5.97 Å². The zero-order chi connectivity index (χ0) is 30.4. The molecule has 2 N–H and O–H groups in total. The Morgan fingerprint density at radius 1 is 1.07 bits per heavy atom. The number of Topliss-reactive ketones (excluding diaryl/α,β-unsaturated/α-hetero) is 1. The number of carbonyl (C=O) groups excluding carboxylic acids is 2. The van der Waals surface area contributed by atoms with Crippen molar-refractivity contribution in [1.29, 1.82) is 0 Å². The summed E-state index contributed by atoms with van der Waals surface area (Å²) in [5, 5.41) is 21.9. The highest BCUT2D eigenvalue weighted by Gasteiger charge is 2.79. The van der Waals surface area contributed by atoms with E-state index in [2.05, 4.69) is 13.5 Å². The fourth-order valence-electron chi connectivity index (χ4n) is 8.29. The van der Waals surface area contributed by atoms with Gasteiger partial charge in [0, 0.05) is 18.3 Å². The molecule has 0 unspecified atom stereocenters. The Kier molecular flexibility index (Phi) is 6.21. The molecule has 0 aromatic heterocycles. The third-order valence-electron chi connectivity index (χ3n) is 10.2. The van der Waals surface area contributed by atoms with E-state index in [1.54, 1.807) is 19.1 Å². The third-order valence-corrected chi connectivity index (χ3v) is 10.2. The van der Waals surface area contributed by atoms with Gasteiger partial charge in [0.1, 0.15) is 28.8 Å². The van der Waals surface area contributed by atoms with E-state index < -0.39 is 52.5 Å². The van der Waals surface area contributed by atoms with Gasteiger partial charge in [-0.25, -0.2) is 0 Å². The summed E-state index contributed by atoms with van der Waals surface area (Å²) < 4.78 is 26.6. The standard InChI is InChI=1S/C35H36O8/c1-20(2)33-17-22(4)35-27(31(33)41-34(42-33,43-35)18-24-8-6-5-7-9-24)16-26(19-32(39)28(35)14-21(3)30(32)38)40-29(37)15-23-10-12-25(36)13-11-23/h5-14,16,22,27-28,31,36,39H,1,15,17-19H2,2-4H3/t22-,27+,28-,31-,32-,33-,34-,35-/m1/s1. The summed E-state index contributed by atoms with van der Waals surface area (Å²) in [6, 6.07) is 16.1. The lowest BCUT2D eigenvalue weighted by Crippen LogP contribution is -2.70. The highest BCUT2D eigenvalue weighted by molar-refractivity contribution is 6.04. The molecule has 2 saturated heterocycles. The summed E-state index contributed by atoms with van der Waals surface area (Å²) >= 11 is 0. The Labute approximate surface area is 250 Å². The number of ether oxygens (including phenoxy) is 4. The van der Waals surface area contributed by atoms with Crippen molar-refractivity contribution >= 4 is 11.8 Å². The first kappa shape index (κ1) is 28.2. The average molecular weight is 585 g/mol. The molecule has 8 nitrogen and oxygen atoms in total. The molecule has 2 heterocycles. The molecule has 2 aromatic carbocycles. The summed E-state index contributed by atoms with van der Waals surface area (Å²) in [5.41, 5.74) is -1.01. The maximum Gasteiger partial charge on any atom is 0.315 e. The molecule has 8 atom stereocenters. The average Bonchev–Trinajstić information content (AvgIpc) is 3.26. The van der Waals surface area contributed by atoms with Gasteiger partial charge in [-0.2, -0.15) is 0 Å². The molecule has 0 spiro atoms. The third kappa shape index (κ3) is 4.04. The number of aliphatic hydroxyl groups is 1. The van der Waals surface area contributed by atoms with Crippen molar-refractivity contribution in [2.75, 3.05) is 0 Å². The molecular formula is C35H36O8. The lowest BCUT2D eigenvalue weighted by Gasteiger charge is -2.59. The fourth-order valence-corrected chi connectivity index (χ4v) is 8.29. The molecule has 0 radical (unpaired) electrons. The summed E-state index contributed by atoms with van der Waals surface area (Å²) in [6.07, 6.45) is 3.69. The Hall–Kier alpha value is -3.56. The van der Waals surface area contributed by atoms with Gasteiger partial charge in [0.15, 0.2) is 5.78 Å². The van der Waals surface area contributed by atoms with Crippen LogP contribution in [-0.2, 0) is 41.4 Å². The van der Waals surface area contributed by atoms with Crippen molar-refractivity contribution in [2.45, 2.75) is 75.3 Å². The molecule has 5 aliphatic rings. The number of carbonyl (C=O) groups is 2. The molecule has 3 aliphatic carbocycles. The number of phenols is 1. The van der Waals surface area contributed by atoms with E-state index in [1.807, 2.05) is 49.4 Å². The lowest BCUT2D eigenvalue weighted by atomic mass is 9.55. The minimum Gasteiger partial charge on any atom is -0.508 e. The van der Waals surface area contributed by atoms with Gasteiger partial charge in [0.25, 0.3) is 5.97 Å². The highest BCUT2D eigenvalue weighted by Crippen LogP contribution is 2.68. The number of esters is 1. The van der Waals surface area contributed by atoms with Crippen LogP contribution >= 0.6 is 0 Å². The van der Waals surface area contributed by atoms with Gasteiger partial charge in [-0.15, -0.1) is 0 Å². The minimum absolute atomic E-state index is 0.0493. The smallest absolute Gasteiger partial charge is 0.315 e. The molecule has 224 valence electrons. The minimum atomic E-state index is -1.88. The number of aromatic hydroxyl groups is 1. The van der Waals surface area contributed by atoms with E-state index in [4.69, 9.17) is 18.9 Å². The Bertz CT molecular complexity index is 1580. The first-order valence-electron chi connectivity index (χ1n) is 14.8. The normalized spacial score (nSPS) is 38.9. The second-order valence-electron chi connectivity index (χ2n) is 13.0. The molecule has 2 aromatic rings. The van der Waals surface area contributed by atoms with E-state index in [9.17, 15) is 19.8 Å². The molecule has 7 rings (SSSR count). The van der Waals surface area contributed by atoms with Crippen LogP contribution in [0.5, 0.6) is 5.75 Å².